The van der Waals surface area contributed by atoms with Gasteiger partial charge in [0.1, 0.15) is 4.90 Å². The van der Waals surface area contributed by atoms with Gasteiger partial charge >= 0.3 is 0 Å². The summed E-state index contributed by atoms with van der Waals surface area (Å²) < 4.78 is 28.7. The molecule has 2 rings (SSSR count). The summed E-state index contributed by atoms with van der Waals surface area (Å²) in [4.78, 5) is 0.335. The zero-order valence-electron chi connectivity index (χ0n) is 11.9. The van der Waals surface area contributed by atoms with E-state index in [1.807, 2.05) is 0 Å². The molecule has 1 aliphatic heterocycles. The van der Waals surface area contributed by atoms with Crippen LogP contribution in [0.4, 0.5) is 0 Å². The van der Waals surface area contributed by atoms with Crippen molar-refractivity contribution in [1.29, 1.82) is 0 Å². The highest BCUT2D eigenvalue weighted by molar-refractivity contribution is 7.99. The molecule has 1 fully saturated rings. The molecule has 0 saturated carbocycles. The smallest absolute Gasteiger partial charge is 0.246 e. The van der Waals surface area contributed by atoms with E-state index in [0.717, 1.165) is 11.5 Å². The maximum absolute atomic E-state index is 12.7. The minimum atomic E-state index is -3.45. The van der Waals surface area contributed by atoms with Crippen LogP contribution in [0.1, 0.15) is 17.8 Å². The van der Waals surface area contributed by atoms with Crippen LogP contribution in [0, 0.1) is 13.8 Å². The fraction of sp³-hybridized carbons (Fsp3) is 0.750. The fourth-order valence-electron chi connectivity index (χ4n) is 2.41. The summed E-state index contributed by atoms with van der Waals surface area (Å²) in [6.45, 7) is 5.25. The first kappa shape index (κ1) is 15.8. The highest BCUT2D eigenvalue weighted by Crippen LogP contribution is 2.25. The number of aromatic nitrogens is 2. The minimum Gasteiger partial charge on any atom is -0.396 e. The van der Waals surface area contributed by atoms with E-state index in [2.05, 4.69) is 5.10 Å². The van der Waals surface area contributed by atoms with Crippen LogP contribution in [0.15, 0.2) is 4.90 Å². The topological polar surface area (TPSA) is 75.4 Å². The largest absolute Gasteiger partial charge is 0.396 e. The minimum absolute atomic E-state index is 0.0732. The molecule has 0 amide bonds. The Kier molecular flexibility index (Phi) is 5.11. The Balaban J connectivity index is 2.33. The molecule has 1 aromatic rings. The van der Waals surface area contributed by atoms with Gasteiger partial charge in [0.25, 0.3) is 0 Å². The Morgan fingerprint density at radius 2 is 1.95 bits per heavy atom. The molecule has 6 nitrogen and oxygen atoms in total. The van der Waals surface area contributed by atoms with Crippen molar-refractivity contribution in [2.45, 2.75) is 31.7 Å². The van der Waals surface area contributed by atoms with E-state index in [1.165, 1.54) is 0 Å². The summed E-state index contributed by atoms with van der Waals surface area (Å²) in [7, 11) is -3.45. The number of aliphatic hydroxyl groups is 1. The number of hydrogen-bond acceptors (Lipinski definition) is 5. The van der Waals surface area contributed by atoms with Crippen LogP contribution in [0.2, 0.25) is 0 Å². The second kappa shape index (κ2) is 6.46. The molecule has 0 atom stereocenters. The van der Waals surface area contributed by atoms with E-state index in [0.29, 0.717) is 42.3 Å². The van der Waals surface area contributed by atoms with Gasteiger partial charge in [-0.05, 0) is 20.3 Å². The van der Waals surface area contributed by atoms with E-state index in [4.69, 9.17) is 5.11 Å². The van der Waals surface area contributed by atoms with Crippen molar-refractivity contribution in [2.75, 3.05) is 31.2 Å². The first-order valence-electron chi connectivity index (χ1n) is 6.71. The molecule has 1 aromatic heterocycles. The summed E-state index contributed by atoms with van der Waals surface area (Å²) in [5.41, 5.74) is 1.20. The lowest BCUT2D eigenvalue weighted by Gasteiger charge is -2.25. The molecular weight excluding hydrogens is 298 g/mol. The van der Waals surface area contributed by atoms with Gasteiger partial charge in [0.2, 0.25) is 10.0 Å². The Morgan fingerprint density at radius 1 is 1.30 bits per heavy atom. The van der Waals surface area contributed by atoms with Crippen molar-refractivity contribution in [3.05, 3.63) is 11.4 Å². The van der Waals surface area contributed by atoms with Gasteiger partial charge in [0, 0.05) is 37.7 Å². The van der Waals surface area contributed by atoms with Crippen LogP contribution < -0.4 is 0 Å². The van der Waals surface area contributed by atoms with E-state index in [-0.39, 0.29) is 6.61 Å². The van der Waals surface area contributed by atoms with Crippen LogP contribution in [0.3, 0.4) is 0 Å². The molecule has 20 heavy (non-hydrogen) atoms. The van der Waals surface area contributed by atoms with Crippen molar-refractivity contribution in [3.63, 3.8) is 0 Å². The van der Waals surface area contributed by atoms with Gasteiger partial charge in [-0.3, -0.25) is 4.68 Å². The zero-order valence-corrected chi connectivity index (χ0v) is 13.5. The standard InChI is InChI=1S/C12H21N3O3S2/c1-10-12(11(2)15(13-10)4-3-7-16)20(17,18)14-5-8-19-9-6-14/h16H,3-9H2,1-2H3. The lowest BCUT2D eigenvalue weighted by molar-refractivity contribution is 0.276. The highest BCUT2D eigenvalue weighted by atomic mass is 32.2. The van der Waals surface area contributed by atoms with Crippen LogP contribution in [-0.4, -0.2) is 58.8 Å². The molecule has 0 aliphatic carbocycles. The SMILES string of the molecule is Cc1nn(CCCO)c(C)c1S(=O)(=O)N1CCSCC1. The maximum Gasteiger partial charge on any atom is 0.246 e. The van der Waals surface area contributed by atoms with Crippen LogP contribution in [0.5, 0.6) is 0 Å². The molecular formula is C12H21N3O3S2. The Morgan fingerprint density at radius 3 is 2.55 bits per heavy atom. The van der Waals surface area contributed by atoms with Gasteiger partial charge in [0.05, 0.1) is 11.4 Å². The molecule has 2 heterocycles. The van der Waals surface area contributed by atoms with E-state index in [1.54, 1.807) is 34.6 Å². The van der Waals surface area contributed by atoms with Gasteiger partial charge in [-0.1, -0.05) is 0 Å². The van der Waals surface area contributed by atoms with E-state index < -0.39 is 10.0 Å². The number of hydrogen-bond donors (Lipinski definition) is 1. The van der Waals surface area contributed by atoms with Crippen LogP contribution in [0.25, 0.3) is 0 Å². The molecule has 1 saturated heterocycles. The molecule has 0 radical (unpaired) electrons. The number of thioether (sulfide) groups is 1. The fourth-order valence-corrected chi connectivity index (χ4v) is 5.36. The summed E-state index contributed by atoms with van der Waals surface area (Å²) in [5.74, 6) is 1.69. The first-order valence-corrected chi connectivity index (χ1v) is 9.30. The Hall–Kier alpha value is -0.570. The van der Waals surface area contributed by atoms with E-state index >= 15 is 0 Å². The van der Waals surface area contributed by atoms with Crippen LogP contribution >= 0.6 is 11.8 Å². The molecule has 1 aliphatic rings. The number of aliphatic hydroxyl groups excluding tert-OH is 1. The second-order valence-electron chi connectivity index (χ2n) is 4.82. The van der Waals surface area contributed by atoms with Gasteiger partial charge in [-0.15, -0.1) is 0 Å². The normalized spacial score (nSPS) is 17.6. The average molecular weight is 319 g/mol. The number of rotatable bonds is 5. The van der Waals surface area contributed by atoms with Gasteiger partial charge < -0.3 is 5.11 Å². The zero-order chi connectivity index (χ0) is 14.8. The summed E-state index contributed by atoms with van der Waals surface area (Å²) in [6.07, 6.45) is 0.571. The van der Waals surface area contributed by atoms with Crippen molar-refractivity contribution >= 4 is 21.8 Å². The molecule has 114 valence electrons. The van der Waals surface area contributed by atoms with Crippen molar-refractivity contribution < 1.29 is 13.5 Å². The Bertz CT molecular complexity index is 563. The molecule has 1 N–H and O–H groups in total. The predicted molar refractivity (Wildman–Crippen MR) is 79.5 cm³/mol. The van der Waals surface area contributed by atoms with Gasteiger partial charge in [-0.25, -0.2) is 8.42 Å². The number of sulfonamides is 1. The van der Waals surface area contributed by atoms with Crippen molar-refractivity contribution in [2.24, 2.45) is 0 Å². The third-order valence-corrected chi connectivity index (χ3v) is 6.51. The molecule has 0 bridgehead atoms. The van der Waals surface area contributed by atoms with Crippen LogP contribution in [-0.2, 0) is 16.6 Å². The second-order valence-corrected chi connectivity index (χ2v) is 7.92. The summed E-state index contributed by atoms with van der Waals surface area (Å²) in [6, 6.07) is 0. The first-order chi connectivity index (χ1) is 9.48. The quantitative estimate of drug-likeness (QED) is 0.861. The third kappa shape index (κ3) is 3.03. The Labute approximate surface area is 124 Å². The van der Waals surface area contributed by atoms with Gasteiger partial charge in [0.15, 0.2) is 0 Å². The maximum atomic E-state index is 12.7. The summed E-state index contributed by atoms with van der Waals surface area (Å²) in [5, 5.41) is 13.2. The highest BCUT2D eigenvalue weighted by Gasteiger charge is 2.31. The number of nitrogens with zero attached hydrogens (tertiary/aromatic N) is 3. The average Bonchev–Trinajstić information content (AvgIpc) is 2.72. The van der Waals surface area contributed by atoms with Crippen molar-refractivity contribution in [3.8, 4) is 0 Å². The lowest BCUT2D eigenvalue weighted by atomic mass is 10.4. The van der Waals surface area contributed by atoms with Crippen molar-refractivity contribution in [1.82, 2.24) is 14.1 Å². The molecule has 0 spiro atoms. The predicted octanol–water partition coefficient (Wildman–Crippen LogP) is 0.620. The lowest BCUT2D eigenvalue weighted by Crippen LogP contribution is -2.38. The monoisotopic (exact) mass is 319 g/mol. The van der Waals surface area contributed by atoms with Gasteiger partial charge in [-0.2, -0.15) is 21.2 Å². The molecule has 8 heteroatoms. The molecule has 0 unspecified atom stereocenters. The van der Waals surface area contributed by atoms with E-state index in [9.17, 15) is 8.42 Å². The third-order valence-electron chi connectivity index (χ3n) is 3.41. The molecule has 0 aromatic carbocycles. The summed E-state index contributed by atoms with van der Waals surface area (Å²) >= 11 is 1.78. The number of aryl methyl sites for hydroxylation is 2.